The van der Waals surface area contributed by atoms with Crippen LogP contribution in [0.5, 0.6) is 0 Å². The molecule has 0 fully saturated rings. The molecule has 9 nitrogen and oxygen atoms in total. The summed E-state index contributed by atoms with van der Waals surface area (Å²) < 4.78 is 18.2. The number of nitrogens with one attached hydrogen (secondary N) is 2. The highest BCUT2D eigenvalue weighted by Gasteiger charge is 2.06. The van der Waals surface area contributed by atoms with Crippen molar-refractivity contribution >= 4 is 5.91 Å². The summed E-state index contributed by atoms with van der Waals surface area (Å²) >= 11 is 0. The fourth-order valence-electron chi connectivity index (χ4n) is 2.35. The molecule has 30 heavy (non-hydrogen) atoms. The van der Waals surface area contributed by atoms with Gasteiger partial charge in [-0.05, 0) is 11.8 Å². The minimum atomic E-state index is 0.0296. The molecule has 1 rings (SSSR count). The second-order valence-electron chi connectivity index (χ2n) is 7.79. The molecule has 9 heteroatoms. The molecule has 0 saturated carbocycles. The van der Waals surface area contributed by atoms with E-state index < -0.39 is 0 Å². The Balaban J connectivity index is 1.93. The second kappa shape index (κ2) is 15.8. The van der Waals surface area contributed by atoms with Gasteiger partial charge in [-0.2, -0.15) is 0 Å². The van der Waals surface area contributed by atoms with E-state index in [1.165, 1.54) is 0 Å². The average Bonchev–Trinajstić information content (AvgIpc) is 3.14. The van der Waals surface area contributed by atoms with Gasteiger partial charge in [-0.25, -0.2) is 4.68 Å². The Hall–Kier alpha value is -1.97. The van der Waals surface area contributed by atoms with Crippen LogP contribution in [-0.2, 0) is 32.1 Å². The van der Waals surface area contributed by atoms with Crippen molar-refractivity contribution < 1.29 is 19.0 Å². The summed E-state index contributed by atoms with van der Waals surface area (Å²) in [6.07, 6.45) is 2.33. The van der Waals surface area contributed by atoms with Gasteiger partial charge < -0.3 is 24.8 Å². The zero-order valence-corrected chi connectivity index (χ0v) is 19.0. The van der Waals surface area contributed by atoms with Gasteiger partial charge in [0.2, 0.25) is 5.91 Å². The Morgan fingerprint density at radius 3 is 2.30 bits per heavy atom. The molecule has 0 unspecified atom stereocenters. The van der Waals surface area contributed by atoms with Crippen molar-refractivity contribution in [1.82, 2.24) is 25.6 Å². The molecule has 1 aromatic heterocycles. The Labute approximate surface area is 180 Å². The third-order valence-electron chi connectivity index (χ3n) is 4.15. The standard InChI is InChI=1S/C21H39N5O4/c1-17(2)14-21(27)23-15-20-16-26(25-24-20)7-9-29-11-13-30-12-10-28-8-6-22-19(5)18(3)4/h16-18,22H,5-15H2,1-4H3,(H,23,27). The summed E-state index contributed by atoms with van der Waals surface area (Å²) in [4.78, 5) is 11.7. The van der Waals surface area contributed by atoms with Crippen molar-refractivity contribution in [3.05, 3.63) is 24.2 Å². The van der Waals surface area contributed by atoms with Crippen molar-refractivity contribution in [2.24, 2.45) is 11.8 Å². The molecule has 0 aliphatic rings. The van der Waals surface area contributed by atoms with E-state index in [9.17, 15) is 4.79 Å². The monoisotopic (exact) mass is 425 g/mol. The molecule has 1 aromatic rings. The molecule has 1 amide bonds. The number of hydrogen-bond acceptors (Lipinski definition) is 7. The van der Waals surface area contributed by atoms with Gasteiger partial charge in [0, 0.05) is 18.7 Å². The predicted octanol–water partition coefficient (Wildman–Crippen LogP) is 1.75. The number of amides is 1. The van der Waals surface area contributed by atoms with Crippen molar-refractivity contribution in [2.75, 3.05) is 46.2 Å². The van der Waals surface area contributed by atoms with Crippen LogP contribution in [0.1, 0.15) is 39.8 Å². The molecule has 0 bridgehead atoms. The number of carbonyl (C=O) groups excluding carboxylic acids is 1. The lowest BCUT2D eigenvalue weighted by Crippen LogP contribution is -2.24. The molecular formula is C21H39N5O4. The highest BCUT2D eigenvalue weighted by molar-refractivity contribution is 5.75. The molecule has 2 N–H and O–H groups in total. The molecular weight excluding hydrogens is 386 g/mol. The summed E-state index contributed by atoms with van der Waals surface area (Å²) in [6.45, 7) is 17.2. The van der Waals surface area contributed by atoms with Gasteiger partial charge in [0.15, 0.2) is 0 Å². The topological polar surface area (TPSA) is 99.5 Å². The van der Waals surface area contributed by atoms with E-state index in [0.717, 1.165) is 17.9 Å². The maximum absolute atomic E-state index is 11.7. The SMILES string of the molecule is C=C(NCCOCCOCCOCCn1cc(CNC(=O)CC(C)C)nn1)C(C)C. The van der Waals surface area contributed by atoms with E-state index in [4.69, 9.17) is 14.2 Å². The van der Waals surface area contributed by atoms with Crippen LogP contribution in [-0.4, -0.2) is 67.1 Å². The molecule has 0 aromatic carbocycles. The molecule has 172 valence electrons. The summed E-state index contributed by atoms with van der Waals surface area (Å²) in [5.74, 6) is 0.802. The highest BCUT2D eigenvalue weighted by atomic mass is 16.5. The zero-order valence-electron chi connectivity index (χ0n) is 19.0. The van der Waals surface area contributed by atoms with Gasteiger partial charge in [-0.3, -0.25) is 4.79 Å². The van der Waals surface area contributed by atoms with E-state index in [1.54, 1.807) is 4.68 Å². The normalized spacial score (nSPS) is 11.3. The van der Waals surface area contributed by atoms with Gasteiger partial charge >= 0.3 is 0 Å². The Bertz CT molecular complexity index is 604. The third-order valence-corrected chi connectivity index (χ3v) is 4.15. The number of hydrogen-bond donors (Lipinski definition) is 2. The van der Waals surface area contributed by atoms with Gasteiger partial charge in [0.1, 0.15) is 5.69 Å². The van der Waals surface area contributed by atoms with Crippen molar-refractivity contribution in [1.29, 1.82) is 0 Å². The van der Waals surface area contributed by atoms with Crippen LogP contribution in [0, 0.1) is 11.8 Å². The maximum atomic E-state index is 11.7. The lowest BCUT2D eigenvalue weighted by molar-refractivity contribution is -0.121. The van der Waals surface area contributed by atoms with Crippen LogP contribution in [0.25, 0.3) is 0 Å². The largest absolute Gasteiger partial charge is 0.386 e. The molecule has 0 radical (unpaired) electrons. The van der Waals surface area contributed by atoms with Crippen LogP contribution < -0.4 is 10.6 Å². The second-order valence-corrected chi connectivity index (χ2v) is 7.79. The molecule has 0 atom stereocenters. The first-order chi connectivity index (χ1) is 14.4. The Morgan fingerprint density at radius 1 is 1.03 bits per heavy atom. The molecule has 1 heterocycles. The van der Waals surface area contributed by atoms with Crippen molar-refractivity contribution in [3.8, 4) is 0 Å². The highest BCUT2D eigenvalue weighted by Crippen LogP contribution is 2.01. The third kappa shape index (κ3) is 13.3. The van der Waals surface area contributed by atoms with Crippen LogP contribution >= 0.6 is 0 Å². The zero-order chi connectivity index (χ0) is 22.2. The van der Waals surface area contributed by atoms with Crippen LogP contribution in [0.4, 0.5) is 0 Å². The number of aromatic nitrogens is 3. The van der Waals surface area contributed by atoms with E-state index in [-0.39, 0.29) is 5.91 Å². The van der Waals surface area contributed by atoms with Gasteiger partial charge in [-0.1, -0.05) is 39.5 Å². The van der Waals surface area contributed by atoms with E-state index in [0.29, 0.717) is 71.0 Å². The van der Waals surface area contributed by atoms with Crippen LogP contribution in [0.15, 0.2) is 18.5 Å². The first-order valence-corrected chi connectivity index (χ1v) is 10.7. The van der Waals surface area contributed by atoms with E-state index >= 15 is 0 Å². The lowest BCUT2D eigenvalue weighted by atomic mass is 10.1. The smallest absolute Gasteiger partial charge is 0.220 e. The first-order valence-electron chi connectivity index (χ1n) is 10.7. The maximum Gasteiger partial charge on any atom is 0.220 e. The molecule has 0 spiro atoms. The Kier molecular flexibility index (Phi) is 13.7. The number of nitrogens with zero attached hydrogens (tertiary/aromatic N) is 3. The molecule has 0 aliphatic heterocycles. The Morgan fingerprint density at radius 2 is 1.67 bits per heavy atom. The minimum Gasteiger partial charge on any atom is -0.386 e. The summed E-state index contributed by atoms with van der Waals surface area (Å²) in [7, 11) is 0. The average molecular weight is 426 g/mol. The summed E-state index contributed by atoms with van der Waals surface area (Å²) in [5.41, 5.74) is 1.77. The first kappa shape index (κ1) is 26.1. The quantitative estimate of drug-likeness (QED) is 0.346. The van der Waals surface area contributed by atoms with Crippen LogP contribution in [0.3, 0.4) is 0 Å². The summed E-state index contributed by atoms with van der Waals surface area (Å²) in [6, 6.07) is 0. The fraction of sp³-hybridized carbons (Fsp3) is 0.762. The number of carbonyl (C=O) groups is 1. The van der Waals surface area contributed by atoms with Gasteiger partial charge in [0.25, 0.3) is 0 Å². The van der Waals surface area contributed by atoms with E-state index in [1.807, 2.05) is 20.0 Å². The van der Waals surface area contributed by atoms with E-state index in [2.05, 4.69) is 41.4 Å². The van der Waals surface area contributed by atoms with Crippen molar-refractivity contribution in [2.45, 2.75) is 47.2 Å². The fourth-order valence-corrected chi connectivity index (χ4v) is 2.35. The number of rotatable bonds is 18. The van der Waals surface area contributed by atoms with Gasteiger partial charge in [-0.15, -0.1) is 5.10 Å². The van der Waals surface area contributed by atoms with Crippen molar-refractivity contribution in [3.63, 3.8) is 0 Å². The number of allylic oxidation sites excluding steroid dienone is 1. The van der Waals surface area contributed by atoms with Gasteiger partial charge in [0.05, 0.1) is 58.9 Å². The predicted molar refractivity (Wildman–Crippen MR) is 116 cm³/mol. The lowest BCUT2D eigenvalue weighted by Gasteiger charge is -2.12. The molecule has 0 aliphatic carbocycles. The van der Waals surface area contributed by atoms with Crippen LogP contribution in [0.2, 0.25) is 0 Å². The summed E-state index contributed by atoms with van der Waals surface area (Å²) in [5, 5.41) is 14.2. The minimum absolute atomic E-state index is 0.0296. The molecule has 0 saturated heterocycles. The number of ether oxygens (including phenoxy) is 3.